The lowest BCUT2D eigenvalue weighted by atomic mass is 9.75. The van der Waals surface area contributed by atoms with Crippen LogP contribution in [0, 0.1) is 5.92 Å². The lowest BCUT2D eigenvalue weighted by molar-refractivity contribution is -0.0960. The van der Waals surface area contributed by atoms with Crippen molar-refractivity contribution in [1.29, 1.82) is 0 Å². The molecule has 0 radical (unpaired) electrons. The summed E-state index contributed by atoms with van der Waals surface area (Å²) in [6.07, 6.45) is 3.54. The van der Waals surface area contributed by atoms with Gasteiger partial charge in [-0.25, -0.2) is 0 Å². The van der Waals surface area contributed by atoms with Crippen LogP contribution >= 0.6 is 15.9 Å². The van der Waals surface area contributed by atoms with Crippen molar-refractivity contribution < 1.29 is 9.47 Å². The molecule has 0 aliphatic carbocycles. The normalized spacial score (nSPS) is 36.0. The maximum absolute atomic E-state index is 6.40. The molecule has 3 heteroatoms. The summed E-state index contributed by atoms with van der Waals surface area (Å²) in [5, 5.41) is 0. The summed E-state index contributed by atoms with van der Waals surface area (Å²) >= 11 is 3.58. The summed E-state index contributed by atoms with van der Waals surface area (Å²) in [6.45, 7) is 7.40. The summed E-state index contributed by atoms with van der Waals surface area (Å²) in [7, 11) is 0. The highest BCUT2D eigenvalue weighted by Crippen LogP contribution is 2.55. The van der Waals surface area contributed by atoms with Crippen LogP contribution in [0.15, 0.2) is 28.7 Å². The molecular formula is C17H23BrO2. The van der Waals surface area contributed by atoms with Crippen molar-refractivity contribution in [3.63, 3.8) is 0 Å². The van der Waals surface area contributed by atoms with Gasteiger partial charge >= 0.3 is 0 Å². The van der Waals surface area contributed by atoms with Gasteiger partial charge < -0.3 is 9.47 Å². The van der Waals surface area contributed by atoms with E-state index in [1.807, 2.05) is 6.07 Å². The van der Waals surface area contributed by atoms with Crippen LogP contribution in [-0.2, 0) is 16.1 Å². The van der Waals surface area contributed by atoms with E-state index in [1.165, 1.54) is 12.0 Å². The number of ether oxygens (including phenoxy) is 2. The molecule has 2 nitrogen and oxygen atoms in total. The molecule has 1 aromatic rings. The molecule has 2 saturated heterocycles. The van der Waals surface area contributed by atoms with Crippen molar-refractivity contribution in [3.05, 3.63) is 34.3 Å². The Balaban J connectivity index is 1.69. The van der Waals surface area contributed by atoms with Crippen LogP contribution in [-0.4, -0.2) is 17.3 Å². The fraction of sp³-hybridized carbons (Fsp3) is 0.647. The van der Waals surface area contributed by atoms with E-state index < -0.39 is 0 Å². The molecule has 2 heterocycles. The Bertz CT molecular complexity index is 502. The lowest BCUT2D eigenvalue weighted by Gasteiger charge is -2.31. The highest BCUT2D eigenvalue weighted by atomic mass is 79.9. The molecule has 0 amide bonds. The smallest absolute Gasteiger partial charge is 0.0924 e. The van der Waals surface area contributed by atoms with E-state index in [1.54, 1.807) is 0 Å². The summed E-state index contributed by atoms with van der Waals surface area (Å²) in [5.41, 5.74) is 1.16. The monoisotopic (exact) mass is 338 g/mol. The van der Waals surface area contributed by atoms with E-state index in [0.717, 1.165) is 17.3 Å². The second-order valence-corrected chi connectivity index (χ2v) is 7.58. The molecule has 20 heavy (non-hydrogen) atoms. The van der Waals surface area contributed by atoms with Crippen LogP contribution in [0.25, 0.3) is 0 Å². The van der Waals surface area contributed by atoms with Crippen LogP contribution in [0.1, 0.15) is 45.6 Å². The second-order valence-electron chi connectivity index (χ2n) is 6.73. The largest absolute Gasteiger partial charge is 0.370 e. The minimum absolute atomic E-state index is 0.0489. The summed E-state index contributed by atoms with van der Waals surface area (Å²) < 4.78 is 13.7. The number of halogens is 1. The molecule has 110 valence electrons. The summed E-state index contributed by atoms with van der Waals surface area (Å²) in [6, 6.07) is 8.26. The first-order chi connectivity index (χ1) is 9.45. The van der Waals surface area contributed by atoms with E-state index in [-0.39, 0.29) is 17.3 Å². The van der Waals surface area contributed by atoms with Gasteiger partial charge in [-0.2, -0.15) is 0 Å². The molecule has 2 fully saturated rings. The van der Waals surface area contributed by atoms with Gasteiger partial charge in [-0.1, -0.05) is 48.0 Å². The zero-order chi connectivity index (χ0) is 14.4. The van der Waals surface area contributed by atoms with Crippen molar-refractivity contribution in [3.8, 4) is 0 Å². The minimum atomic E-state index is -0.0917. The molecule has 3 atom stereocenters. The highest BCUT2D eigenvalue weighted by Gasteiger charge is 2.60. The van der Waals surface area contributed by atoms with Gasteiger partial charge in [0.15, 0.2) is 0 Å². The first kappa shape index (κ1) is 14.6. The third-order valence-corrected chi connectivity index (χ3v) is 5.92. The topological polar surface area (TPSA) is 18.5 Å². The predicted octanol–water partition coefficient (Wildman–Crippen LogP) is 4.70. The van der Waals surface area contributed by atoms with Crippen molar-refractivity contribution in [2.75, 3.05) is 0 Å². The van der Waals surface area contributed by atoms with Crippen molar-refractivity contribution >= 4 is 15.9 Å². The molecule has 1 aromatic carbocycles. The Morgan fingerprint density at radius 3 is 2.75 bits per heavy atom. The van der Waals surface area contributed by atoms with Gasteiger partial charge in [-0.3, -0.25) is 0 Å². The number of fused-ring (bicyclic) bond motifs is 2. The number of rotatable bonds is 4. The van der Waals surface area contributed by atoms with E-state index in [2.05, 4.69) is 54.9 Å². The molecule has 0 spiro atoms. The molecule has 2 aliphatic rings. The third kappa shape index (κ3) is 2.34. The minimum Gasteiger partial charge on any atom is -0.370 e. The van der Waals surface area contributed by atoms with Gasteiger partial charge in [-0.15, -0.1) is 0 Å². The average Bonchev–Trinajstić information content (AvgIpc) is 2.90. The van der Waals surface area contributed by atoms with E-state index in [9.17, 15) is 0 Å². The average molecular weight is 339 g/mol. The first-order valence-corrected chi connectivity index (χ1v) is 8.30. The molecule has 0 N–H and O–H groups in total. The summed E-state index contributed by atoms with van der Waals surface area (Å²) in [5.74, 6) is 0.557. The lowest BCUT2D eigenvalue weighted by Crippen LogP contribution is -2.38. The Kier molecular flexibility index (Phi) is 3.72. The SMILES string of the molecule is CC(C)[C@@]12CC[C@@](C)(O1)[C@@H](OCc1ccccc1Br)C2. The molecular weight excluding hydrogens is 316 g/mol. The van der Waals surface area contributed by atoms with Gasteiger partial charge in [0, 0.05) is 10.9 Å². The highest BCUT2D eigenvalue weighted by molar-refractivity contribution is 9.10. The molecule has 2 aliphatic heterocycles. The van der Waals surface area contributed by atoms with Crippen molar-refractivity contribution in [1.82, 2.24) is 0 Å². The maximum Gasteiger partial charge on any atom is 0.0924 e. The van der Waals surface area contributed by atoms with Gasteiger partial charge in [0.1, 0.15) is 0 Å². The third-order valence-electron chi connectivity index (χ3n) is 5.14. The van der Waals surface area contributed by atoms with Crippen LogP contribution < -0.4 is 0 Å². The van der Waals surface area contributed by atoms with Gasteiger partial charge in [0.25, 0.3) is 0 Å². The Morgan fingerprint density at radius 2 is 2.10 bits per heavy atom. The molecule has 0 unspecified atom stereocenters. The zero-order valence-electron chi connectivity index (χ0n) is 12.5. The number of benzene rings is 1. The second kappa shape index (κ2) is 5.11. The van der Waals surface area contributed by atoms with Gasteiger partial charge in [0.2, 0.25) is 0 Å². The van der Waals surface area contributed by atoms with E-state index in [4.69, 9.17) is 9.47 Å². The molecule has 0 aromatic heterocycles. The van der Waals surface area contributed by atoms with Crippen LogP contribution in [0.3, 0.4) is 0 Å². The standard InChI is InChI=1S/C17H23BrO2/c1-12(2)17-9-8-16(3,20-17)15(10-17)19-11-13-6-4-5-7-14(13)18/h4-7,12,15H,8-11H2,1-3H3/t15-,16+,17-/m0/s1. The molecule has 2 bridgehead atoms. The quantitative estimate of drug-likeness (QED) is 0.791. The zero-order valence-corrected chi connectivity index (χ0v) is 14.1. The van der Waals surface area contributed by atoms with Gasteiger partial charge in [0.05, 0.1) is 23.9 Å². The fourth-order valence-corrected chi connectivity index (χ4v) is 4.01. The van der Waals surface area contributed by atoms with Crippen LogP contribution in [0.5, 0.6) is 0 Å². The van der Waals surface area contributed by atoms with E-state index >= 15 is 0 Å². The Labute approximate surface area is 130 Å². The Hall–Kier alpha value is -0.380. The Morgan fingerprint density at radius 1 is 1.35 bits per heavy atom. The summed E-state index contributed by atoms with van der Waals surface area (Å²) in [4.78, 5) is 0. The van der Waals surface area contributed by atoms with Crippen molar-refractivity contribution in [2.45, 2.75) is 63.9 Å². The number of hydrogen-bond donors (Lipinski definition) is 0. The van der Waals surface area contributed by atoms with Crippen molar-refractivity contribution in [2.24, 2.45) is 5.92 Å². The first-order valence-electron chi connectivity index (χ1n) is 7.50. The molecule has 0 saturated carbocycles. The number of hydrogen-bond acceptors (Lipinski definition) is 2. The predicted molar refractivity (Wildman–Crippen MR) is 83.6 cm³/mol. The fourth-order valence-electron chi connectivity index (χ4n) is 3.61. The maximum atomic E-state index is 6.40. The van der Waals surface area contributed by atoms with E-state index in [0.29, 0.717) is 12.5 Å². The van der Waals surface area contributed by atoms with Gasteiger partial charge in [-0.05, 0) is 37.3 Å². The molecule has 3 rings (SSSR count). The van der Waals surface area contributed by atoms with Crippen LogP contribution in [0.4, 0.5) is 0 Å². The van der Waals surface area contributed by atoms with Crippen LogP contribution in [0.2, 0.25) is 0 Å².